The van der Waals surface area contributed by atoms with E-state index < -0.39 is 0 Å². The normalized spacial score (nSPS) is 29.1. The number of ether oxygens (including phenoxy) is 2. The van der Waals surface area contributed by atoms with Gasteiger partial charge in [-0.15, -0.1) is 0 Å². The van der Waals surface area contributed by atoms with Gasteiger partial charge in [0.25, 0.3) is 0 Å². The van der Waals surface area contributed by atoms with Crippen LogP contribution in [0.4, 0.5) is 0 Å². The largest absolute Gasteiger partial charge is 0.462 e. The number of rotatable bonds is 5. The SMILES string of the molecule is COC1CCCC(OC(=O)CCC2CCNCC2)C1. The van der Waals surface area contributed by atoms with E-state index in [4.69, 9.17) is 9.47 Å². The van der Waals surface area contributed by atoms with Crippen molar-refractivity contribution in [2.24, 2.45) is 5.92 Å². The van der Waals surface area contributed by atoms with Crippen LogP contribution in [-0.4, -0.2) is 38.4 Å². The monoisotopic (exact) mass is 269 g/mol. The summed E-state index contributed by atoms with van der Waals surface area (Å²) in [4.78, 5) is 11.9. The van der Waals surface area contributed by atoms with Crippen LogP contribution in [0.1, 0.15) is 51.4 Å². The molecule has 2 atom stereocenters. The predicted molar refractivity (Wildman–Crippen MR) is 74.0 cm³/mol. The Morgan fingerprint density at radius 2 is 1.89 bits per heavy atom. The Kier molecular flexibility index (Phi) is 6.11. The summed E-state index contributed by atoms with van der Waals surface area (Å²) in [5.41, 5.74) is 0. The first kappa shape index (κ1) is 14.8. The van der Waals surface area contributed by atoms with Crippen LogP contribution in [0.3, 0.4) is 0 Å². The molecule has 2 rings (SSSR count). The fourth-order valence-electron chi connectivity index (χ4n) is 3.16. The highest BCUT2D eigenvalue weighted by molar-refractivity contribution is 5.69. The molecule has 1 saturated heterocycles. The van der Waals surface area contributed by atoms with Crippen LogP contribution in [0.5, 0.6) is 0 Å². The molecule has 0 aromatic rings. The van der Waals surface area contributed by atoms with Crippen molar-refractivity contribution in [3.05, 3.63) is 0 Å². The molecule has 4 heteroatoms. The van der Waals surface area contributed by atoms with E-state index in [9.17, 15) is 4.79 Å². The Labute approximate surface area is 116 Å². The maximum atomic E-state index is 11.9. The minimum absolute atomic E-state index is 0.0136. The average molecular weight is 269 g/mol. The van der Waals surface area contributed by atoms with E-state index in [1.165, 1.54) is 12.8 Å². The number of hydrogen-bond donors (Lipinski definition) is 1. The molecule has 2 aliphatic rings. The summed E-state index contributed by atoms with van der Waals surface area (Å²) in [6.45, 7) is 2.19. The first-order chi connectivity index (χ1) is 9.28. The van der Waals surface area contributed by atoms with Gasteiger partial charge in [0.2, 0.25) is 0 Å². The molecule has 0 aromatic heterocycles. The van der Waals surface area contributed by atoms with Crippen LogP contribution in [0, 0.1) is 5.92 Å². The van der Waals surface area contributed by atoms with E-state index in [1.807, 2.05) is 0 Å². The highest BCUT2D eigenvalue weighted by atomic mass is 16.5. The number of carbonyl (C=O) groups is 1. The molecule has 2 fully saturated rings. The highest BCUT2D eigenvalue weighted by Crippen LogP contribution is 2.24. The minimum Gasteiger partial charge on any atom is -0.462 e. The third-order valence-electron chi connectivity index (χ3n) is 4.42. The molecule has 4 nitrogen and oxygen atoms in total. The summed E-state index contributed by atoms with van der Waals surface area (Å²) >= 11 is 0. The molecular weight excluding hydrogens is 242 g/mol. The van der Waals surface area contributed by atoms with Gasteiger partial charge in [-0.05, 0) is 57.5 Å². The van der Waals surface area contributed by atoms with E-state index in [1.54, 1.807) is 7.11 Å². The molecule has 1 aliphatic carbocycles. The van der Waals surface area contributed by atoms with Crippen molar-refractivity contribution in [2.75, 3.05) is 20.2 Å². The first-order valence-electron chi connectivity index (χ1n) is 7.71. The predicted octanol–water partition coefficient (Wildman–Crippen LogP) is 2.27. The second-order valence-corrected chi connectivity index (χ2v) is 5.87. The van der Waals surface area contributed by atoms with Gasteiger partial charge in [-0.25, -0.2) is 0 Å². The Bertz CT molecular complexity index is 277. The van der Waals surface area contributed by atoms with Crippen molar-refractivity contribution >= 4 is 5.97 Å². The third-order valence-corrected chi connectivity index (χ3v) is 4.42. The molecule has 2 unspecified atom stereocenters. The summed E-state index contributed by atoms with van der Waals surface area (Å²) in [5, 5.41) is 3.35. The van der Waals surface area contributed by atoms with Gasteiger partial charge in [0.15, 0.2) is 0 Å². The third kappa shape index (κ3) is 5.11. The van der Waals surface area contributed by atoms with Crippen molar-refractivity contribution in [1.29, 1.82) is 0 Å². The van der Waals surface area contributed by atoms with Gasteiger partial charge in [0, 0.05) is 20.0 Å². The zero-order chi connectivity index (χ0) is 13.5. The average Bonchev–Trinajstić information content (AvgIpc) is 2.46. The van der Waals surface area contributed by atoms with Gasteiger partial charge < -0.3 is 14.8 Å². The number of carbonyl (C=O) groups excluding carboxylic acids is 1. The van der Waals surface area contributed by atoms with Gasteiger partial charge in [-0.2, -0.15) is 0 Å². The highest BCUT2D eigenvalue weighted by Gasteiger charge is 2.25. The van der Waals surface area contributed by atoms with E-state index >= 15 is 0 Å². The zero-order valence-corrected chi connectivity index (χ0v) is 12.0. The Hall–Kier alpha value is -0.610. The van der Waals surface area contributed by atoms with Crippen molar-refractivity contribution in [2.45, 2.75) is 63.6 Å². The van der Waals surface area contributed by atoms with Crippen LogP contribution >= 0.6 is 0 Å². The summed E-state index contributed by atoms with van der Waals surface area (Å²) in [6.07, 6.45) is 8.39. The van der Waals surface area contributed by atoms with Crippen molar-refractivity contribution < 1.29 is 14.3 Å². The van der Waals surface area contributed by atoms with Crippen molar-refractivity contribution in [3.63, 3.8) is 0 Å². The second kappa shape index (κ2) is 7.85. The molecule has 0 radical (unpaired) electrons. The lowest BCUT2D eigenvalue weighted by Gasteiger charge is -2.28. The number of hydrogen-bond acceptors (Lipinski definition) is 4. The Morgan fingerprint density at radius 3 is 2.63 bits per heavy atom. The van der Waals surface area contributed by atoms with Crippen LogP contribution in [0.2, 0.25) is 0 Å². The van der Waals surface area contributed by atoms with Crippen LogP contribution in [0.25, 0.3) is 0 Å². The molecule has 19 heavy (non-hydrogen) atoms. The van der Waals surface area contributed by atoms with Crippen molar-refractivity contribution in [3.8, 4) is 0 Å². The lowest BCUT2D eigenvalue weighted by atomic mass is 9.93. The molecule has 1 heterocycles. The summed E-state index contributed by atoms with van der Waals surface area (Å²) in [6, 6.07) is 0. The maximum absolute atomic E-state index is 11.9. The van der Waals surface area contributed by atoms with Gasteiger partial charge in [-0.3, -0.25) is 4.79 Å². The lowest BCUT2D eigenvalue weighted by molar-refractivity contribution is -0.153. The molecule has 0 bridgehead atoms. The van der Waals surface area contributed by atoms with Crippen molar-refractivity contribution in [1.82, 2.24) is 5.32 Å². The van der Waals surface area contributed by atoms with Crippen LogP contribution in [0.15, 0.2) is 0 Å². The quantitative estimate of drug-likeness (QED) is 0.778. The smallest absolute Gasteiger partial charge is 0.306 e. The number of esters is 1. The fraction of sp³-hybridized carbons (Fsp3) is 0.933. The number of nitrogens with one attached hydrogen (secondary N) is 1. The maximum Gasteiger partial charge on any atom is 0.306 e. The van der Waals surface area contributed by atoms with Gasteiger partial charge in [0.1, 0.15) is 6.10 Å². The Morgan fingerprint density at radius 1 is 1.16 bits per heavy atom. The molecule has 1 N–H and O–H groups in total. The molecular formula is C15H27NO3. The van der Waals surface area contributed by atoms with E-state index in [-0.39, 0.29) is 18.2 Å². The first-order valence-corrected chi connectivity index (χ1v) is 7.71. The molecule has 0 aromatic carbocycles. The number of methoxy groups -OCH3 is 1. The summed E-state index contributed by atoms with van der Waals surface area (Å²) < 4.78 is 10.9. The minimum atomic E-state index is -0.0136. The zero-order valence-electron chi connectivity index (χ0n) is 12.0. The summed E-state index contributed by atoms with van der Waals surface area (Å²) in [5.74, 6) is 0.687. The molecule has 0 amide bonds. The molecule has 0 spiro atoms. The standard InChI is InChI=1S/C15H27NO3/c1-18-13-3-2-4-14(11-13)19-15(17)6-5-12-7-9-16-10-8-12/h12-14,16H,2-11H2,1H3. The second-order valence-electron chi connectivity index (χ2n) is 5.87. The van der Waals surface area contributed by atoms with Gasteiger partial charge in [0.05, 0.1) is 6.10 Å². The molecule has 1 aliphatic heterocycles. The van der Waals surface area contributed by atoms with Crippen LogP contribution < -0.4 is 5.32 Å². The van der Waals surface area contributed by atoms with Gasteiger partial charge in [-0.1, -0.05) is 0 Å². The topological polar surface area (TPSA) is 47.6 Å². The van der Waals surface area contributed by atoms with Gasteiger partial charge >= 0.3 is 5.97 Å². The fourth-order valence-corrected chi connectivity index (χ4v) is 3.16. The van der Waals surface area contributed by atoms with E-state index in [0.717, 1.165) is 45.2 Å². The molecule has 110 valence electrons. The number of piperidine rings is 1. The lowest BCUT2D eigenvalue weighted by Crippen LogP contribution is -2.30. The Balaban J connectivity index is 1.63. The molecule has 1 saturated carbocycles. The van der Waals surface area contributed by atoms with E-state index in [0.29, 0.717) is 12.3 Å². The van der Waals surface area contributed by atoms with E-state index in [2.05, 4.69) is 5.32 Å². The summed E-state index contributed by atoms with van der Waals surface area (Å²) in [7, 11) is 1.74. The van der Waals surface area contributed by atoms with Crippen LogP contribution in [-0.2, 0) is 14.3 Å².